The van der Waals surface area contributed by atoms with E-state index in [1.54, 1.807) is 40.9 Å². The molecule has 0 bridgehead atoms. The first kappa shape index (κ1) is 32.9. The van der Waals surface area contributed by atoms with Crippen molar-refractivity contribution in [2.45, 2.75) is 63.2 Å². The van der Waals surface area contributed by atoms with Gasteiger partial charge in [0.2, 0.25) is 8.41 Å². The highest BCUT2D eigenvalue weighted by atomic mass is 28.4. The fraction of sp³-hybridized carbons (Fsp3) is 0.389. The van der Waals surface area contributed by atoms with Gasteiger partial charge in [0.15, 0.2) is 12.2 Å². The third-order valence-corrected chi connectivity index (χ3v) is 12.5. The molecule has 3 aromatic carbocycles. The number of carbonyl (C=O) groups excluding carboxylic acids is 2. The first-order valence-electron chi connectivity index (χ1n) is 16.6. The van der Waals surface area contributed by atoms with Crippen molar-refractivity contribution in [1.29, 1.82) is 0 Å². The van der Waals surface area contributed by atoms with Crippen LogP contribution in [0, 0.1) is 5.92 Å². The molecule has 11 nitrogen and oxygen atoms in total. The molecule has 49 heavy (non-hydrogen) atoms. The van der Waals surface area contributed by atoms with Crippen LogP contribution in [0.2, 0.25) is 18.6 Å². The Balaban J connectivity index is 1.19. The molecule has 0 saturated carbocycles. The number of amides is 2. The number of nitrogens with zero attached hydrogens (tertiary/aromatic N) is 5. The summed E-state index contributed by atoms with van der Waals surface area (Å²) in [6.07, 6.45) is 2.08. The molecular weight excluding hydrogens is 646 g/mol. The highest BCUT2D eigenvalue weighted by molar-refractivity contribution is 6.72. The van der Waals surface area contributed by atoms with Crippen LogP contribution in [0.15, 0.2) is 72.9 Å². The van der Waals surface area contributed by atoms with E-state index in [1.807, 2.05) is 73.7 Å². The van der Waals surface area contributed by atoms with Crippen molar-refractivity contribution < 1.29 is 33.0 Å². The van der Waals surface area contributed by atoms with Gasteiger partial charge in [-0.2, -0.15) is 0 Å². The van der Waals surface area contributed by atoms with Crippen LogP contribution in [0.3, 0.4) is 0 Å². The number of aromatic nitrogens is 3. The molecule has 4 atom stereocenters. The van der Waals surface area contributed by atoms with E-state index in [9.17, 15) is 14.7 Å². The topological polar surface area (TPSA) is 119 Å². The number of aliphatic hydroxyl groups excluding tert-OH is 1. The van der Waals surface area contributed by atoms with Crippen LogP contribution in [-0.2, 0) is 39.4 Å². The van der Waals surface area contributed by atoms with E-state index in [2.05, 4.69) is 10.3 Å². The van der Waals surface area contributed by atoms with Crippen LogP contribution in [0.1, 0.15) is 30.2 Å². The molecular formula is C36H40FN5O6Si. The summed E-state index contributed by atoms with van der Waals surface area (Å²) in [5.74, 6) is 0.362. The Morgan fingerprint density at radius 2 is 1.86 bits per heavy atom. The molecule has 0 radical (unpaired) electrons. The molecule has 1 saturated heterocycles. The Kier molecular flexibility index (Phi) is 8.53. The van der Waals surface area contributed by atoms with Crippen molar-refractivity contribution in [2.75, 3.05) is 30.1 Å². The number of hydrogen-bond acceptors (Lipinski definition) is 8. The molecule has 2 amide bonds. The monoisotopic (exact) mass is 685 g/mol. The number of ether oxygens (including phenoxy) is 3. The number of carbonyl (C=O) groups is 2. The van der Waals surface area contributed by atoms with Crippen molar-refractivity contribution in [3.05, 3.63) is 89.7 Å². The van der Waals surface area contributed by atoms with Gasteiger partial charge in [-0.05, 0) is 67.5 Å². The van der Waals surface area contributed by atoms with E-state index in [0.29, 0.717) is 59.2 Å². The van der Waals surface area contributed by atoms with E-state index in [-0.39, 0.29) is 31.6 Å². The lowest BCUT2D eigenvalue weighted by Crippen LogP contribution is -2.45. The molecule has 1 N–H and O–H groups in total. The number of anilines is 3. The number of aryl methyl sites for hydroxylation is 1. The molecule has 0 aliphatic carbocycles. The zero-order valence-electron chi connectivity index (χ0n) is 28.0. The molecule has 4 aromatic rings. The number of halogens is 1. The summed E-state index contributed by atoms with van der Waals surface area (Å²) in [7, 11) is -1.78. The second kappa shape index (κ2) is 12.7. The Hall–Kier alpha value is -4.59. The fourth-order valence-corrected chi connectivity index (χ4v) is 10.4. The van der Waals surface area contributed by atoms with Gasteiger partial charge in [0.05, 0.1) is 36.8 Å². The van der Waals surface area contributed by atoms with Crippen molar-refractivity contribution in [3.8, 4) is 11.5 Å². The van der Waals surface area contributed by atoms with Gasteiger partial charge in [0, 0.05) is 48.5 Å². The molecule has 4 heterocycles. The minimum atomic E-state index is -3.36. The van der Waals surface area contributed by atoms with Crippen LogP contribution in [0.5, 0.6) is 11.5 Å². The molecule has 13 heteroatoms. The second-order valence-electron chi connectivity index (χ2n) is 13.4. The number of aliphatic hydroxyl groups is 1. The SMILES string of the molecule is COc1ccc2c(c1)[C@]1(O[C@@H](CCn3cc(CCO)nn3)[C@H]([Si](C)(C)F)[C@H]1C)C(=O)N2Cc1ccc(N2C(=O)COc3ccccc32)cc1. The van der Waals surface area contributed by atoms with Crippen LogP contribution in [0.4, 0.5) is 21.2 Å². The molecule has 0 unspecified atom stereocenters. The van der Waals surface area contributed by atoms with Gasteiger partial charge < -0.3 is 28.3 Å². The van der Waals surface area contributed by atoms with Crippen molar-refractivity contribution in [3.63, 3.8) is 0 Å². The van der Waals surface area contributed by atoms with Crippen molar-refractivity contribution >= 4 is 37.3 Å². The van der Waals surface area contributed by atoms with Gasteiger partial charge in [0.1, 0.15) is 11.5 Å². The quantitative estimate of drug-likeness (QED) is 0.177. The minimum Gasteiger partial charge on any atom is -0.497 e. The van der Waals surface area contributed by atoms with Crippen LogP contribution in [-0.4, -0.2) is 66.7 Å². The zero-order valence-corrected chi connectivity index (χ0v) is 29.0. The van der Waals surface area contributed by atoms with Gasteiger partial charge in [-0.1, -0.05) is 36.4 Å². The molecule has 3 aliphatic heterocycles. The van der Waals surface area contributed by atoms with Crippen molar-refractivity contribution in [1.82, 2.24) is 15.0 Å². The maximum absolute atomic E-state index is 16.3. The van der Waals surface area contributed by atoms with Gasteiger partial charge in [-0.3, -0.25) is 19.2 Å². The first-order chi connectivity index (χ1) is 23.5. The Morgan fingerprint density at radius 3 is 2.59 bits per heavy atom. The predicted octanol–water partition coefficient (Wildman–Crippen LogP) is 5.29. The van der Waals surface area contributed by atoms with Gasteiger partial charge >= 0.3 is 0 Å². The molecule has 7 rings (SSSR count). The number of methoxy groups -OCH3 is 1. The lowest BCUT2D eigenvalue weighted by Gasteiger charge is -2.31. The maximum Gasteiger partial charge on any atom is 0.269 e. The Labute approximate surface area is 285 Å². The summed E-state index contributed by atoms with van der Waals surface area (Å²) in [6, 6.07) is 20.5. The van der Waals surface area contributed by atoms with Crippen LogP contribution < -0.4 is 19.3 Å². The summed E-state index contributed by atoms with van der Waals surface area (Å²) in [4.78, 5) is 31.1. The molecule has 1 fully saturated rings. The molecule has 256 valence electrons. The lowest BCUT2D eigenvalue weighted by atomic mass is 9.82. The minimum absolute atomic E-state index is 0.0259. The maximum atomic E-state index is 16.3. The molecule has 3 aliphatic rings. The number of fused-ring (bicyclic) bond motifs is 3. The van der Waals surface area contributed by atoms with Gasteiger partial charge in [0.25, 0.3) is 11.8 Å². The first-order valence-corrected chi connectivity index (χ1v) is 19.5. The van der Waals surface area contributed by atoms with Crippen LogP contribution in [0.25, 0.3) is 0 Å². The summed E-state index contributed by atoms with van der Waals surface area (Å²) in [5.41, 5.74) is 2.41. The highest BCUT2D eigenvalue weighted by Crippen LogP contribution is 2.60. The Morgan fingerprint density at radius 1 is 1.08 bits per heavy atom. The number of benzene rings is 3. The number of hydrogen-bond donors (Lipinski definition) is 1. The van der Waals surface area contributed by atoms with E-state index in [0.717, 1.165) is 5.56 Å². The van der Waals surface area contributed by atoms with E-state index in [4.69, 9.17) is 14.2 Å². The summed E-state index contributed by atoms with van der Waals surface area (Å²) in [5, 5.41) is 17.6. The largest absolute Gasteiger partial charge is 0.497 e. The average Bonchev–Trinajstić information content (AvgIpc) is 3.73. The number of rotatable bonds is 10. The van der Waals surface area contributed by atoms with Crippen LogP contribution >= 0.6 is 0 Å². The molecule has 1 spiro atoms. The summed E-state index contributed by atoms with van der Waals surface area (Å²) >= 11 is 0. The zero-order chi connectivity index (χ0) is 34.5. The normalized spacial score (nSPS) is 23.2. The van der Waals surface area contributed by atoms with Gasteiger partial charge in [-0.25, -0.2) is 0 Å². The molecule has 1 aromatic heterocycles. The average molecular weight is 686 g/mol. The number of para-hydroxylation sites is 2. The summed E-state index contributed by atoms with van der Waals surface area (Å²) in [6.45, 7) is 5.90. The van der Waals surface area contributed by atoms with E-state index in [1.165, 1.54) is 0 Å². The van der Waals surface area contributed by atoms with Crippen molar-refractivity contribution in [2.24, 2.45) is 5.92 Å². The third-order valence-electron chi connectivity index (χ3n) is 10.0. The second-order valence-corrected chi connectivity index (χ2v) is 17.2. The Bertz CT molecular complexity index is 1880. The summed E-state index contributed by atoms with van der Waals surface area (Å²) < 4.78 is 36.0. The third kappa shape index (κ3) is 5.69. The standard InChI is InChI=1S/C36H40FN5O6Si/c1-23-34(49(3,4)37)32(15-17-40-21-25(16-18-43)38-39-40)48-36(23)28-19-27(46-2)13-14-29(28)41(35(36)45)20-24-9-11-26(12-10-24)42-30-7-5-6-8-31(30)47-22-33(42)44/h5-14,19,21,23,32,34,43H,15-18,20,22H2,1-4H3/t23-,32+,34-,36+/m1/s1. The van der Waals surface area contributed by atoms with Gasteiger partial charge in [-0.15, -0.1) is 5.10 Å². The highest BCUT2D eigenvalue weighted by Gasteiger charge is 2.66. The predicted molar refractivity (Wildman–Crippen MR) is 183 cm³/mol. The van der Waals surface area contributed by atoms with E-state index >= 15 is 4.11 Å². The fourth-order valence-electron chi connectivity index (χ4n) is 7.84. The van der Waals surface area contributed by atoms with E-state index < -0.39 is 31.6 Å². The smallest absolute Gasteiger partial charge is 0.269 e. The lowest BCUT2D eigenvalue weighted by molar-refractivity contribution is -0.146.